The molecular formula is C28H32O16. The van der Waals surface area contributed by atoms with Crippen molar-refractivity contribution in [2.45, 2.75) is 68.3 Å². The van der Waals surface area contributed by atoms with E-state index in [1.54, 1.807) is 6.92 Å². The second-order valence-corrected chi connectivity index (χ2v) is 10.7. The summed E-state index contributed by atoms with van der Waals surface area (Å²) in [6, 6.07) is 3.66. The van der Waals surface area contributed by atoms with E-state index in [2.05, 4.69) is 0 Å². The molecule has 0 amide bonds. The molecule has 0 spiro atoms. The first-order chi connectivity index (χ1) is 20.8. The van der Waals surface area contributed by atoms with Crippen molar-refractivity contribution < 1.29 is 79.2 Å². The molecule has 10 atom stereocenters. The van der Waals surface area contributed by atoms with E-state index in [4.69, 9.17) is 23.7 Å². The number of aliphatic hydroxyl groups excluding tert-OH is 7. The van der Waals surface area contributed by atoms with E-state index in [9.17, 15) is 55.5 Å². The van der Waals surface area contributed by atoms with Gasteiger partial charge in [0.2, 0.25) is 12.1 Å². The Morgan fingerprint density at radius 2 is 1.34 bits per heavy atom. The van der Waals surface area contributed by atoms with Crippen molar-refractivity contribution in [1.29, 1.82) is 0 Å². The van der Waals surface area contributed by atoms with Gasteiger partial charge in [0.05, 0.1) is 37.0 Å². The summed E-state index contributed by atoms with van der Waals surface area (Å²) in [4.78, 5) is 27.1. The second-order valence-electron chi connectivity index (χ2n) is 10.7. The monoisotopic (exact) mass is 624 g/mol. The molecule has 240 valence electrons. The molecular weight excluding hydrogens is 592 g/mol. The molecule has 0 aromatic heterocycles. The molecule has 0 bridgehead atoms. The van der Waals surface area contributed by atoms with Crippen molar-refractivity contribution in [2.75, 3.05) is 20.3 Å². The second kappa shape index (κ2) is 12.2. The summed E-state index contributed by atoms with van der Waals surface area (Å²) in [5.74, 6) is -3.67. The molecule has 0 saturated carbocycles. The van der Waals surface area contributed by atoms with E-state index < -0.39 is 115 Å². The molecule has 16 heteroatoms. The van der Waals surface area contributed by atoms with E-state index in [-0.39, 0.29) is 16.9 Å². The van der Waals surface area contributed by atoms with Crippen LogP contribution in [0.4, 0.5) is 0 Å². The average Bonchev–Trinajstić information content (AvgIpc) is 2.99. The van der Waals surface area contributed by atoms with Crippen molar-refractivity contribution in [3.63, 3.8) is 0 Å². The van der Waals surface area contributed by atoms with Crippen LogP contribution < -0.4 is 9.47 Å². The topological polar surface area (TPSA) is 262 Å². The number of aliphatic hydroxyl groups is 7. The molecule has 2 aromatic rings. The predicted molar refractivity (Wildman–Crippen MR) is 141 cm³/mol. The summed E-state index contributed by atoms with van der Waals surface area (Å²) in [5.41, 5.74) is -1.06. The Labute approximate surface area is 248 Å². The largest absolute Gasteiger partial charge is 0.507 e. The number of hydrogen-bond acceptors (Lipinski definition) is 16. The number of ketones is 2. The lowest BCUT2D eigenvalue weighted by molar-refractivity contribution is -0.323. The zero-order chi connectivity index (χ0) is 32.2. The van der Waals surface area contributed by atoms with Crippen LogP contribution in [0.5, 0.6) is 23.0 Å². The Morgan fingerprint density at radius 3 is 1.98 bits per heavy atom. The van der Waals surface area contributed by atoms with Crippen LogP contribution in [0.3, 0.4) is 0 Å². The molecule has 0 radical (unpaired) electrons. The number of fused-ring (bicyclic) bond motifs is 2. The molecule has 1 aliphatic carbocycles. The predicted octanol–water partition coefficient (Wildman–Crippen LogP) is -2.81. The zero-order valence-corrected chi connectivity index (χ0v) is 23.3. The van der Waals surface area contributed by atoms with Crippen molar-refractivity contribution in [3.8, 4) is 23.0 Å². The number of aromatic hydroxyl groups is 2. The third-order valence-electron chi connectivity index (χ3n) is 7.82. The Balaban J connectivity index is 1.44. The van der Waals surface area contributed by atoms with Gasteiger partial charge >= 0.3 is 0 Å². The molecule has 2 fully saturated rings. The highest BCUT2D eigenvalue weighted by Crippen LogP contribution is 2.46. The molecule has 3 aliphatic rings. The lowest BCUT2D eigenvalue weighted by atomic mass is 9.81. The van der Waals surface area contributed by atoms with Gasteiger partial charge in [-0.25, -0.2) is 0 Å². The van der Waals surface area contributed by atoms with Crippen LogP contribution in [-0.2, 0) is 14.2 Å². The number of benzene rings is 2. The molecule has 44 heavy (non-hydrogen) atoms. The van der Waals surface area contributed by atoms with Gasteiger partial charge in [0.15, 0.2) is 23.6 Å². The minimum atomic E-state index is -1.94. The summed E-state index contributed by atoms with van der Waals surface area (Å²) < 4.78 is 27.2. The van der Waals surface area contributed by atoms with Crippen LogP contribution in [0.25, 0.3) is 0 Å². The van der Waals surface area contributed by atoms with Gasteiger partial charge in [0.1, 0.15) is 60.3 Å². The van der Waals surface area contributed by atoms with Crippen LogP contribution in [-0.4, -0.2) is 139 Å². The van der Waals surface area contributed by atoms with Gasteiger partial charge in [-0.05, 0) is 24.6 Å². The van der Waals surface area contributed by atoms with E-state index >= 15 is 0 Å². The number of phenolic OH excluding ortho intramolecular Hbond substituents is 2. The number of carbonyl (C=O) groups is 2. The van der Waals surface area contributed by atoms with Crippen LogP contribution in [0.15, 0.2) is 18.2 Å². The number of methoxy groups -OCH3 is 1. The van der Waals surface area contributed by atoms with Gasteiger partial charge in [0.25, 0.3) is 0 Å². The van der Waals surface area contributed by atoms with E-state index in [1.807, 2.05) is 0 Å². The molecule has 16 nitrogen and oxygen atoms in total. The first-order valence-electron chi connectivity index (χ1n) is 13.5. The Kier molecular flexibility index (Phi) is 8.85. The van der Waals surface area contributed by atoms with Crippen LogP contribution in [0.2, 0.25) is 0 Å². The third kappa shape index (κ3) is 5.28. The Morgan fingerprint density at radius 1 is 0.727 bits per heavy atom. The lowest BCUT2D eigenvalue weighted by Crippen LogP contribution is -2.62. The van der Waals surface area contributed by atoms with Gasteiger partial charge in [-0.1, -0.05) is 0 Å². The van der Waals surface area contributed by atoms with Crippen molar-refractivity contribution in [2.24, 2.45) is 0 Å². The lowest BCUT2D eigenvalue weighted by Gasteiger charge is -2.42. The zero-order valence-electron chi connectivity index (χ0n) is 23.3. The van der Waals surface area contributed by atoms with Crippen molar-refractivity contribution in [3.05, 3.63) is 46.0 Å². The van der Waals surface area contributed by atoms with Crippen LogP contribution in [0, 0.1) is 6.92 Å². The first-order valence-corrected chi connectivity index (χ1v) is 13.5. The van der Waals surface area contributed by atoms with Gasteiger partial charge in [-0.2, -0.15) is 0 Å². The molecule has 2 aliphatic heterocycles. The maximum Gasteiger partial charge on any atom is 0.229 e. The average molecular weight is 625 g/mol. The number of rotatable bonds is 7. The first kappa shape index (κ1) is 32.0. The molecule has 9 N–H and O–H groups in total. The number of aryl methyl sites for hydroxylation is 1. The summed E-state index contributed by atoms with van der Waals surface area (Å²) in [6.45, 7) is 0.215. The van der Waals surface area contributed by atoms with E-state index in [1.165, 1.54) is 19.2 Å². The van der Waals surface area contributed by atoms with E-state index in [0.29, 0.717) is 5.56 Å². The summed E-state index contributed by atoms with van der Waals surface area (Å²) in [6.07, 6.45) is -17.1. The van der Waals surface area contributed by atoms with Gasteiger partial charge in [0, 0.05) is 11.6 Å². The molecule has 2 aromatic carbocycles. The fourth-order valence-corrected chi connectivity index (χ4v) is 5.44. The summed E-state index contributed by atoms with van der Waals surface area (Å²) in [7, 11) is 1.17. The highest BCUT2D eigenvalue weighted by atomic mass is 16.7. The quantitative estimate of drug-likeness (QED) is 0.128. The Bertz CT molecular complexity index is 1440. The minimum absolute atomic E-state index is 0.174. The van der Waals surface area contributed by atoms with Gasteiger partial charge < -0.3 is 69.6 Å². The molecule has 2 saturated heterocycles. The van der Waals surface area contributed by atoms with Gasteiger partial charge in [-0.3, -0.25) is 9.59 Å². The van der Waals surface area contributed by atoms with Crippen molar-refractivity contribution >= 4 is 11.6 Å². The van der Waals surface area contributed by atoms with Gasteiger partial charge in [-0.15, -0.1) is 0 Å². The number of phenols is 2. The Hall–Kier alpha value is -3.42. The summed E-state index contributed by atoms with van der Waals surface area (Å²) >= 11 is 0. The standard InChI is InChI=1S/C28H32O16/c1-8-3-9-15(10(30)4-8)22(35)16-11(5-12(40-2)19(32)17(16)18(9)31)42-28-26(39)24(37)21(34)14(44-28)7-41-27-25(38)23(36)20(33)13(6-29)43-27/h3-5,13-14,20-21,23-30,32-34,36-39H,6-7H2,1-2H3. The number of ether oxygens (including phenoxy) is 5. The molecule has 10 unspecified atom stereocenters. The van der Waals surface area contributed by atoms with Crippen LogP contribution in [0.1, 0.15) is 37.4 Å². The van der Waals surface area contributed by atoms with Crippen molar-refractivity contribution in [1.82, 2.24) is 0 Å². The van der Waals surface area contributed by atoms with E-state index in [0.717, 1.165) is 6.07 Å². The molecule has 2 heterocycles. The normalized spacial score (nSPS) is 33.5. The molecule has 5 rings (SSSR count). The highest BCUT2D eigenvalue weighted by Gasteiger charge is 2.48. The number of carbonyl (C=O) groups excluding carboxylic acids is 2. The fourth-order valence-electron chi connectivity index (χ4n) is 5.44. The smallest absolute Gasteiger partial charge is 0.229 e. The number of hydrogen-bond donors (Lipinski definition) is 9. The van der Waals surface area contributed by atoms with Crippen LogP contribution >= 0.6 is 0 Å². The third-order valence-corrected chi connectivity index (χ3v) is 7.82. The maximum atomic E-state index is 13.6. The minimum Gasteiger partial charge on any atom is -0.507 e. The highest BCUT2D eigenvalue weighted by molar-refractivity contribution is 6.31. The fraction of sp³-hybridized carbons (Fsp3) is 0.500. The maximum absolute atomic E-state index is 13.6. The SMILES string of the molecule is COc1cc(OC2OC(COC3OC(CO)C(O)C(O)C3O)C(O)C(O)C2O)c2c(c1O)C(=O)c1cc(C)cc(O)c1C2=O. The summed E-state index contributed by atoms with van der Waals surface area (Å²) in [5, 5.41) is 92.7.